The number of hydrogen-bond acceptors (Lipinski definition) is 7. The Bertz CT molecular complexity index is 908. The summed E-state index contributed by atoms with van der Waals surface area (Å²) in [5, 5.41) is 12.2. The van der Waals surface area contributed by atoms with Crippen molar-refractivity contribution in [3.8, 4) is 0 Å². The van der Waals surface area contributed by atoms with Gasteiger partial charge in [-0.1, -0.05) is 42.5 Å². The first kappa shape index (κ1) is 29.0. The molecular weight excluding hydrogens is 464 g/mol. The molecule has 0 spiro atoms. The minimum atomic E-state index is -0.697. The normalized spacial score (nSPS) is 20.2. The van der Waals surface area contributed by atoms with E-state index in [0.29, 0.717) is 13.0 Å². The Labute approximate surface area is 212 Å². The number of benzene rings is 1. The van der Waals surface area contributed by atoms with Crippen LogP contribution in [-0.4, -0.2) is 65.7 Å². The Balaban J connectivity index is 2.06. The van der Waals surface area contributed by atoms with Gasteiger partial charge < -0.3 is 24.8 Å². The molecule has 1 aromatic rings. The topological polar surface area (TPSA) is 122 Å². The Morgan fingerprint density at radius 1 is 1.08 bits per heavy atom. The summed E-state index contributed by atoms with van der Waals surface area (Å²) in [6, 6.07) is 9.45. The van der Waals surface area contributed by atoms with Gasteiger partial charge in [0.2, 0.25) is 11.8 Å². The molecule has 198 valence electrons. The molecule has 2 amide bonds. The molecule has 2 atom stereocenters. The first-order chi connectivity index (χ1) is 17.1. The molecule has 0 radical (unpaired) electrons. The molecular formula is C27H38N2O7. The number of hydrogen-bond donors (Lipinski definition) is 2. The Morgan fingerprint density at radius 3 is 2.39 bits per heavy atom. The van der Waals surface area contributed by atoms with Crippen molar-refractivity contribution >= 4 is 23.8 Å². The second kappa shape index (κ2) is 14.4. The first-order valence-corrected chi connectivity index (χ1v) is 12.3. The van der Waals surface area contributed by atoms with Crippen LogP contribution in [0.4, 0.5) is 0 Å². The molecule has 2 rings (SSSR count). The summed E-state index contributed by atoms with van der Waals surface area (Å²) in [6.07, 6.45) is 3.91. The fourth-order valence-corrected chi connectivity index (χ4v) is 3.80. The molecule has 9 heteroatoms. The zero-order valence-electron chi connectivity index (χ0n) is 21.4. The van der Waals surface area contributed by atoms with Crippen molar-refractivity contribution in [2.45, 2.75) is 58.6 Å². The number of nitrogens with zero attached hydrogens (tertiary/aromatic N) is 1. The number of allylic oxidation sites excluding steroid dienone is 2. The van der Waals surface area contributed by atoms with Crippen molar-refractivity contribution in [1.29, 1.82) is 0 Å². The van der Waals surface area contributed by atoms with Gasteiger partial charge in [0.1, 0.15) is 12.2 Å². The largest absolute Gasteiger partial charge is 0.464 e. The molecule has 0 saturated carbocycles. The van der Waals surface area contributed by atoms with Gasteiger partial charge in [0.05, 0.1) is 31.4 Å². The third-order valence-corrected chi connectivity index (χ3v) is 5.55. The maximum Gasteiger partial charge on any atom is 0.309 e. The van der Waals surface area contributed by atoms with Crippen LogP contribution >= 0.6 is 0 Å². The van der Waals surface area contributed by atoms with Crippen molar-refractivity contribution in [2.75, 3.05) is 26.3 Å². The van der Waals surface area contributed by atoms with E-state index < -0.39 is 29.4 Å². The number of carbonyl (C=O) groups is 4. The molecule has 0 fully saturated rings. The van der Waals surface area contributed by atoms with Crippen LogP contribution in [0.2, 0.25) is 0 Å². The van der Waals surface area contributed by atoms with Gasteiger partial charge in [0, 0.05) is 19.5 Å². The van der Waals surface area contributed by atoms with E-state index in [4.69, 9.17) is 9.47 Å². The minimum Gasteiger partial charge on any atom is -0.464 e. The summed E-state index contributed by atoms with van der Waals surface area (Å²) in [4.78, 5) is 52.1. The van der Waals surface area contributed by atoms with E-state index in [9.17, 15) is 24.3 Å². The minimum absolute atomic E-state index is 0.0237. The second-order valence-electron chi connectivity index (χ2n) is 9.81. The molecule has 0 saturated heterocycles. The number of amides is 2. The number of esters is 2. The quantitative estimate of drug-likeness (QED) is 0.413. The lowest BCUT2D eigenvalue weighted by atomic mass is 9.96. The number of carbonyl (C=O) groups excluding carboxylic acids is 4. The SMILES string of the molecule is CC(C)(C)OC(=O)C[C@@H]1C/C=C\C[C@@H](CC(=O)N(CCO)Cc2ccccc2)C(=O)NCCOC1=O. The molecule has 1 aliphatic rings. The van der Waals surface area contributed by atoms with E-state index >= 15 is 0 Å². The number of rotatable bonds is 8. The lowest BCUT2D eigenvalue weighted by Crippen LogP contribution is -2.39. The van der Waals surface area contributed by atoms with Crippen LogP contribution in [-0.2, 0) is 35.2 Å². The fourth-order valence-electron chi connectivity index (χ4n) is 3.80. The molecule has 0 bridgehead atoms. The smallest absolute Gasteiger partial charge is 0.309 e. The monoisotopic (exact) mass is 502 g/mol. The number of nitrogens with one attached hydrogen (secondary N) is 1. The molecule has 1 heterocycles. The zero-order chi connectivity index (χ0) is 26.6. The number of cyclic esters (lactones) is 1. The molecule has 1 aliphatic heterocycles. The zero-order valence-corrected chi connectivity index (χ0v) is 21.4. The summed E-state index contributed by atoms with van der Waals surface area (Å²) in [5.74, 6) is -2.86. The van der Waals surface area contributed by atoms with Crippen LogP contribution in [0.3, 0.4) is 0 Å². The highest BCUT2D eigenvalue weighted by atomic mass is 16.6. The third-order valence-electron chi connectivity index (χ3n) is 5.55. The van der Waals surface area contributed by atoms with E-state index in [1.807, 2.05) is 30.3 Å². The average Bonchev–Trinajstić information content (AvgIpc) is 2.81. The van der Waals surface area contributed by atoms with Crippen molar-refractivity contribution in [2.24, 2.45) is 11.8 Å². The lowest BCUT2D eigenvalue weighted by molar-refractivity contribution is -0.161. The molecule has 0 unspecified atom stereocenters. The molecule has 0 aliphatic carbocycles. The van der Waals surface area contributed by atoms with Gasteiger partial charge in [0.25, 0.3) is 0 Å². The second-order valence-corrected chi connectivity index (χ2v) is 9.81. The van der Waals surface area contributed by atoms with Crippen molar-refractivity contribution in [3.05, 3.63) is 48.0 Å². The van der Waals surface area contributed by atoms with Gasteiger partial charge >= 0.3 is 11.9 Å². The van der Waals surface area contributed by atoms with E-state index in [0.717, 1.165) is 5.56 Å². The van der Waals surface area contributed by atoms with Gasteiger partial charge in [-0.15, -0.1) is 0 Å². The Morgan fingerprint density at radius 2 is 1.75 bits per heavy atom. The van der Waals surface area contributed by atoms with Crippen molar-refractivity contribution < 1.29 is 33.8 Å². The van der Waals surface area contributed by atoms with Gasteiger partial charge in [-0.05, 0) is 39.2 Å². The Kier molecular flexibility index (Phi) is 11.6. The summed E-state index contributed by atoms with van der Waals surface area (Å²) in [6.45, 7) is 5.67. The third kappa shape index (κ3) is 10.6. The maximum atomic E-state index is 13.0. The van der Waals surface area contributed by atoms with E-state index in [2.05, 4.69) is 5.32 Å². The Hall–Kier alpha value is -3.20. The summed E-state index contributed by atoms with van der Waals surface area (Å²) < 4.78 is 10.6. The van der Waals surface area contributed by atoms with Crippen LogP contribution in [0.25, 0.3) is 0 Å². The number of ether oxygens (including phenoxy) is 2. The van der Waals surface area contributed by atoms with Crippen LogP contribution in [0.5, 0.6) is 0 Å². The van der Waals surface area contributed by atoms with E-state index in [-0.39, 0.29) is 57.4 Å². The van der Waals surface area contributed by atoms with Gasteiger partial charge in [-0.2, -0.15) is 0 Å². The van der Waals surface area contributed by atoms with E-state index in [1.165, 1.54) is 0 Å². The maximum absolute atomic E-state index is 13.0. The highest BCUT2D eigenvalue weighted by Gasteiger charge is 2.28. The van der Waals surface area contributed by atoms with Crippen LogP contribution in [0, 0.1) is 11.8 Å². The standard InChI is InChI=1S/C27H38N2O7/c1-27(2,3)36-24(32)18-22-12-8-7-11-21(25(33)28-13-16-35-26(22)34)17-23(31)29(14-15-30)19-20-9-5-4-6-10-20/h4-10,21-22,30H,11-19H2,1-3H3,(H,28,33)/b8-7-/t21-,22-/m0/s1. The summed E-state index contributed by atoms with van der Waals surface area (Å²) in [7, 11) is 0. The van der Waals surface area contributed by atoms with Gasteiger partial charge in [-0.3, -0.25) is 19.2 Å². The lowest BCUT2D eigenvalue weighted by Gasteiger charge is -2.24. The molecule has 0 aromatic heterocycles. The molecule has 36 heavy (non-hydrogen) atoms. The fraction of sp³-hybridized carbons (Fsp3) is 0.556. The van der Waals surface area contributed by atoms with Gasteiger partial charge in [-0.25, -0.2) is 0 Å². The number of aliphatic hydroxyl groups is 1. The van der Waals surface area contributed by atoms with Crippen LogP contribution in [0.1, 0.15) is 52.0 Å². The summed E-state index contributed by atoms with van der Waals surface area (Å²) in [5.41, 5.74) is 0.275. The molecule has 2 N–H and O–H groups in total. The average molecular weight is 503 g/mol. The van der Waals surface area contributed by atoms with Gasteiger partial charge in [0.15, 0.2) is 0 Å². The van der Waals surface area contributed by atoms with Crippen molar-refractivity contribution in [1.82, 2.24) is 10.2 Å². The highest BCUT2D eigenvalue weighted by molar-refractivity contribution is 5.86. The predicted octanol–water partition coefficient (Wildman–Crippen LogP) is 2.37. The van der Waals surface area contributed by atoms with Crippen LogP contribution in [0.15, 0.2) is 42.5 Å². The highest BCUT2D eigenvalue weighted by Crippen LogP contribution is 2.19. The van der Waals surface area contributed by atoms with Crippen LogP contribution < -0.4 is 5.32 Å². The van der Waals surface area contributed by atoms with Crippen molar-refractivity contribution in [3.63, 3.8) is 0 Å². The molecule has 9 nitrogen and oxygen atoms in total. The number of aliphatic hydroxyl groups excluding tert-OH is 1. The van der Waals surface area contributed by atoms with E-state index in [1.54, 1.807) is 37.8 Å². The predicted molar refractivity (Wildman–Crippen MR) is 133 cm³/mol. The summed E-state index contributed by atoms with van der Waals surface area (Å²) >= 11 is 0. The molecule has 1 aromatic carbocycles. The first-order valence-electron chi connectivity index (χ1n) is 12.3.